The molecular formula is C21H16F4N4S. The molecule has 0 N–H and O–H groups in total. The third-order valence-electron chi connectivity index (χ3n) is 4.55. The number of halogens is 4. The lowest BCUT2D eigenvalue weighted by molar-refractivity contribution is -0.141. The lowest BCUT2D eigenvalue weighted by Gasteiger charge is -2.10. The second-order valence-electron chi connectivity index (χ2n) is 6.54. The summed E-state index contributed by atoms with van der Waals surface area (Å²) in [7, 11) is 1.70. The highest BCUT2D eigenvalue weighted by Crippen LogP contribution is 2.35. The van der Waals surface area contributed by atoms with E-state index in [2.05, 4.69) is 15.0 Å². The number of alkyl halides is 3. The molecule has 0 radical (unpaired) electrons. The largest absolute Gasteiger partial charge is 0.433 e. The molecule has 9 heteroatoms. The number of aromatic nitrogens is 4. The van der Waals surface area contributed by atoms with Crippen molar-refractivity contribution in [3.05, 3.63) is 60.2 Å². The van der Waals surface area contributed by atoms with Gasteiger partial charge in [-0.1, -0.05) is 19.1 Å². The van der Waals surface area contributed by atoms with Crippen LogP contribution in [0.5, 0.6) is 0 Å². The van der Waals surface area contributed by atoms with E-state index in [9.17, 15) is 17.6 Å². The Morgan fingerprint density at radius 3 is 2.57 bits per heavy atom. The Balaban J connectivity index is 1.90. The molecule has 0 atom stereocenters. The van der Waals surface area contributed by atoms with E-state index >= 15 is 0 Å². The molecule has 0 saturated heterocycles. The van der Waals surface area contributed by atoms with E-state index < -0.39 is 11.9 Å². The van der Waals surface area contributed by atoms with Crippen LogP contribution in [0.3, 0.4) is 0 Å². The fourth-order valence-electron chi connectivity index (χ4n) is 3.14. The van der Waals surface area contributed by atoms with Crippen LogP contribution in [-0.2, 0) is 13.2 Å². The Hall–Kier alpha value is -2.94. The number of benzene rings is 1. The van der Waals surface area contributed by atoms with Crippen LogP contribution in [0.25, 0.3) is 33.8 Å². The smallest absolute Gasteiger partial charge is 0.325 e. The Labute approximate surface area is 174 Å². The van der Waals surface area contributed by atoms with E-state index in [0.717, 1.165) is 22.9 Å². The van der Waals surface area contributed by atoms with Gasteiger partial charge in [0.1, 0.15) is 17.2 Å². The number of fused-ring (bicyclic) bond motifs is 1. The van der Waals surface area contributed by atoms with Crippen molar-refractivity contribution < 1.29 is 17.6 Å². The predicted molar refractivity (Wildman–Crippen MR) is 109 cm³/mol. The first-order chi connectivity index (χ1) is 14.3. The Morgan fingerprint density at radius 1 is 1.07 bits per heavy atom. The topological polar surface area (TPSA) is 43.6 Å². The SMILES string of the molecule is CCSc1ccc(-c2cccc(F)c2)nc1-c1nc2cc(C(F)(F)F)ncc2n1C. The first-order valence-corrected chi connectivity index (χ1v) is 10.1. The van der Waals surface area contributed by atoms with Gasteiger partial charge in [0.25, 0.3) is 0 Å². The summed E-state index contributed by atoms with van der Waals surface area (Å²) in [5.74, 6) is 0.814. The number of rotatable bonds is 4. The van der Waals surface area contributed by atoms with Gasteiger partial charge in [-0.25, -0.2) is 19.3 Å². The van der Waals surface area contributed by atoms with Gasteiger partial charge in [0, 0.05) is 17.5 Å². The highest BCUT2D eigenvalue weighted by molar-refractivity contribution is 7.99. The van der Waals surface area contributed by atoms with Crippen LogP contribution in [-0.4, -0.2) is 25.3 Å². The zero-order valence-electron chi connectivity index (χ0n) is 16.0. The van der Waals surface area contributed by atoms with Gasteiger partial charge in [0.15, 0.2) is 5.82 Å². The minimum absolute atomic E-state index is 0.181. The van der Waals surface area contributed by atoms with Crippen molar-refractivity contribution in [1.82, 2.24) is 19.5 Å². The van der Waals surface area contributed by atoms with E-state index in [1.165, 1.54) is 12.1 Å². The molecule has 0 aliphatic heterocycles. The molecule has 0 spiro atoms. The molecule has 30 heavy (non-hydrogen) atoms. The van der Waals surface area contributed by atoms with Gasteiger partial charge in [-0.3, -0.25) is 0 Å². The van der Waals surface area contributed by atoms with Crippen LogP contribution in [0.15, 0.2) is 53.6 Å². The van der Waals surface area contributed by atoms with Crippen LogP contribution >= 0.6 is 11.8 Å². The minimum atomic E-state index is -4.55. The molecule has 4 rings (SSSR count). The molecular weight excluding hydrogens is 416 g/mol. The molecule has 0 aliphatic rings. The molecule has 3 aromatic heterocycles. The first-order valence-electron chi connectivity index (χ1n) is 9.07. The van der Waals surface area contributed by atoms with Crippen molar-refractivity contribution in [3.8, 4) is 22.8 Å². The lowest BCUT2D eigenvalue weighted by atomic mass is 10.1. The summed E-state index contributed by atoms with van der Waals surface area (Å²) in [5.41, 5.74) is 1.32. The summed E-state index contributed by atoms with van der Waals surface area (Å²) in [6.45, 7) is 1.99. The monoisotopic (exact) mass is 432 g/mol. The maximum atomic E-state index is 13.7. The van der Waals surface area contributed by atoms with Gasteiger partial charge in [-0.15, -0.1) is 11.8 Å². The van der Waals surface area contributed by atoms with Gasteiger partial charge >= 0.3 is 6.18 Å². The number of hydrogen-bond donors (Lipinski definition) is 0. The second kappa shape index (κ2) is 7.71. The van der Waals surface area contributed by atoms with Gasteiger partial charge in [-0.2, -0.15) is 13.2 Å². The summed E-state index contributed by atoms with van der Waals surface area (Å²) >= 11 is 1.54. The van der Waals surface area contributed by atoms with Crippen molar-refractivity contribution in [1.29, 1.82) is 0 Å². The maximum absolute atomic E-state index is 13.7. The highest BCUT2D eigenvalue weighted by Gasteiger charge is 2.33. The Kier molecular flexibility index (Phi) is 5.23. The number of aryl methyl sites for hydroxylation is 1. The van der Waals surface area contributed by atoms with E-state index in [1.807, 2.05) is 13.0 Å². The molecule has 154 valence electrons. The zero-order chi connectivity index (χ0) is 21.5. The lowest BCUT2D eigenvalue weighted by Crippen LogP contribution is -2.07. The third kappa shape index (κ3) is 3.77. The first kappa shape index (κ1) is 20.3. The van der Waals surface area contributed by atoms with Crippen molar-refractivity contribution in [2.24, 2.45) is 7.05 Å². The van der Waals surface area contributed by atoms with Crippen molar-refractivity contribution in [2.75, 3.05) is 5.75 Å². The normalized spacial score (nSPS) is 11.9. The number of hydrogen-bond acceptors (Lipinski definition) is 4. The van der Waals surface area contributed by atoms with Crippen LogP contribution < -0.4 is 0 Å². The van der Waals surface area contributed by atoms with Gasteiger partial charge in [0.05, 0.1) is 22.9 Å². The van der Waals surface area contributed by atoms with Crippen molar-refractivity contribution in [2.45, 2.75) is 18.0 Å². The molecule has 4 aromatic rings. The molecule has 3 heterocycles. The molecule has 0 fully saturated rings. The molecule has 0 saturated carbocycles. The summed E-state index contributed by atoms with van der Waals surface area (Å²) in [6.07, 6.45) is -3.39. The molecule has 1 aromatic carbocycles. The van der Waals surface area contributed by atoms with E-state index in [-0.39, 0.29) is 11.3 Å². The fourth-order valence-corrected chi connectivity index (χ4v) is 3.89. The summed E-state index contributed by atoms with van der Waals surface area (Å²) in [6, 6.07) is 10.7. The van der Waals surface area contributed by atoms with Crippen LogP contribution in [0.1, 0.15) is 12.6 Å². The Bertz CT molecular complexity index is 1230. The summed E-state index contributed by atoms with van der Waals surface area (Å²) in [4.78, 5) is 13.5. The number of pyridine rings is 2. The standard InChI is InChI=1S/C21H16F4N4S/c1-3-30-17-8-7-14(12-5-4-6-13(22)9-12)27-19(17)20-28-15-10-18(21(23,24)25)26-11-16(15)29(20)2/h4-11H,3H2,1-2H3. The molecule has 0 amide bonds. The summed E-state index contributed by atoms with van der Waals surface area (Å²) in [5, 5.41) is 0. The predicted octanol–water partition coefficient (Wildman–Crippen LogP) is 5.97. The van der Waals surface area contributed by atoms with E-state index in [0.29, 0.717) is 28.3 Å². The van der Waals surface area contributed by atoms with Crippen LogP contribution in [0, 0.1) is 5.82 Å². The summed E-state index contributed by atoms with van der Waals surface area (Å²) < 4.78 is 54.5. The number of imidazole rings is 1. The second-order valence-corrected chi connectivity index (χ2v) is 7.84. The zero-order valence-corrected chi connectivity index (χ0v) is 16.9. The van der Waals surface area contributed by atoms with Crippen LogP contribution in [0.2, 0.25) is 0 Å². The average molecular weight is 432 g/mol. The quantitative estimate of drug-likeness (QED) is 0.295. The van der Waals surface area contributed by atoms with Gasteiger partial charge in [0.2, 0.25) is 0 Å². The van der Waals surface area contributed by atoms with Gasteiger partial charge in [-0.05, 0) is 36.1 Å². The minimum Gasteiger partial charge on any atom is -0.325 e. The fraction of sp³-hybridized carbons (Fsp3) is 0.190. The average Bonchev–Trinajstić information content (AvgIpc) is 3.04. The molecule has 0 bridgehead atoms. The number of thioether (sulfide) groups is 1. The number of nitrogens with zero attached hydrogens (tertiary/aromatic N) is 4. The van der Waals surface area contributed by atoms with Crippen LogP contribution in [0.4, 0.5) is 17.6 Å². The van der Waals surface area contributed by atoms with Crippen molar-refractivity contribution in [3.63, 3.8) is 0 Å². The van der Waals surface area contributed by atoms with Gasteiger partial charge < -0.3 is 4.57 Å². The highest BCUT2D eigenvalue weighted by atomic mass is 32.2. The Morgan fingerprint density at radius 2 is 1.87 bits per heavy atom. The van der Waals surface area contributed by atoms with Crippen molar-refractivity contribution >= 4 is 22.8 Å². The molecule has 0 unspecified atom stereocenters. The van der Waals surface area contributed by atoms with E-state index in [4.69, 9.17) is 0 Å². The maximum Gasteiger partial charge on any atom is 0.433 e. The van der Waals surface area contributed by atoms with E-state index in [1.54, 1.807) is 41.6 Å². The third-order valence-corrected chi connectivity index (χ3v) is 5.48. The molecule has 4 nitrogen and oxygen atoms in total. The molecule has 0 aliphatic carbocycles.